The van der Waals surface area contributed by atoms with Crippen LogP contribution in [0.2, 0.25) is 0 Å². The summed E-state index contributed by atoms with van der Waals surface area (Å²) in [5.74, 6) is -0.539. The quantitative estimate of drug-likeness (QED) is 0.671. The molecule has 1 aromatic carbocycles. The van der Waals surface area contributed by atoms with Crippen LogP contribution in [0.1, 0.15) is 0 Å². The Morgan fingerprint density at radius 3 is 2.65 bits per heavy atom. The molecule has 0 N–H and O–H groups in total. The molecule has 0 unspecified atom stereocenters. The van der Waals surface area contributed by atoms with Crippen molar-refractivity contribution < 1.29 is 9.21 Å². The predicted molar refractivity (Wildman–Crippen MR) is 95.7 cm³/mol. The molecule has 0 spiro atoms. The van der Waals surface area contributed by atoms with E-state index in [0.29, 0.717) is 24.2 Å². The summed E-state index contributed by atoms with van der Waals surface area (Å²) in [6.07, 6.45) is 3.73. The topological polar surface area (TPSA) is 76.5 Å². The molecule has 4 rings (SSSR count). The van der Waals surface area contributed by atoms with Crippen molar-refractivity contribution >= 4 is 17.0 Å². The molecule has 0 radical (unpaired) electrons. The van der Waals surface area contributed by atoms with Gasteiger partial charge in [0.2, 0.25) is 5.91 Å². The molecule has 1 saturated heterocycles. The van der Waals surface area contributed by atoms with Crippen molar-refractivity contribution in [2.75, 3.05) is 32.7 Å². The number of carbonyl (C=O) groups is 1. The Morgan fingerprint density at radius 1 is 1.08 bits per heavy atom. The van der Waals surface area contributed by atoms with Crippen molar-refractivity contribution in [3.63, 3.8) is 0 Å². The van der Waals surface area contributed by atoms with E-state index in [-0.39, 0.29) is 12.5 Å². The van der Waals surface area contributed by atoms with Gasteiger partial charge in [-0.25, -0.2) is 4.79 Å². The second-order valence-electron chi connectivity index (χ2n) is 6.41. The van der Waals surface area contributed by atoms with Crippen LogP contribution in [0, 0.1) is 0 Å². The number of oxazole rings is 1. The number of hydrogen-bond donors (Lipinski definition) is 0. The maximum atomic E-state index is 12.6. The third-order valence-corrected chi connectivity index (χ3v) is 4.80. The molecule has 2 aromatic heterocycles. The van der Waals surface area contributed by atoms with E-state index in [4.69, 9.17) is 4.42 Å². The fourth-order valence-corrected chi connectivity index (χ4v) is 3.30. The minimum atomic E-state index is -0.489. The van der Waals surface area contributed by atoms with Crippen LogP contribution in [0.5, 0.6) is 0 Å². The molecule has 1 aliphatic heterocycles. The Labute approximate surface area is 150 Å². The Hall–Kier alpha value is -2.87. The summed E-state index contributed by atoms with van der Waals surface area (Å²) in [5, 5.41) is 4.20. The van der Waals surface area contributed by atoms with Crippen molar-refractivity contribution in [2.24, 2.45) is 0 Å². The number of benzene rings is 1. The van der Waals surface area contributed by atoms with Crippen molar-refractivity contribution in [3.05, 3.63) is 53.3 Å². The number of fused-ring (bicyclic) bond motifs is 1. The van der Waals surface area contributed by atoms with E-state index in [1.165, 1.54) is 4.57 Å². The van der Waals surface area contributed by atoms with Crippen LogP contribution < -0.4 is 5.76 Å². The second-order valence-corrected chi connectivity index (χ2v) is 6.41. The van der Waals surface area contributed by atoms with Gasteiger partial charge in [0.25, 0.3) is 0 Å². The fourth-order valence-electron chi connectivity index (χ4n) is 3.30. The standard InChI is InChI=1S/C18H21N5O3/c24-17(14-23-15-4-1-2-5-16(15)26-18(23)25)21-11-8-20(9-12-21)10-13-22-7-3-6-19-22/h1-7H,8-14H2. The van der Waals surface area contributed by atoms with Gasteiger partial charge in [-0.3, -0.25) is 18.9 Å². The summed E-state index contributed by atoms with van der Waals surface area (Å²) in [4.78, 5) is 28.8. The summed E-state index contributed by atoms with van der Waals surface area (Å²) in [5.41, 5.74) is 1.16. The molecule has 8 heteroatoms. The predicted octanol–water partition coefficient (Wildman–Crippen LogP) is 0.635. The number of rotatable bonds is 5. The Bertz CT molecular complexity index is 935. The highest BCUT2D eigenvalue weighted by Gasteiger charge is 2.22. The number of nitrogens with zero attached hydrogens (tertiary/aromatic N) is 5. The van der Waals surface area contributed by atoms with Crippen molar-refractivity contribution in [1.82, 2.24) is 24.1 Å². The molecule has 0 saturated carbocycles. The molecule has 1 fully saturated rings. The SMILES string of the molecule is O=C(Cn1c(=O)oc2ccccc21)N1CCN(CCn2cccn2)CC1. The molecule has 1 aliphatic rings. The van der Waals surface area contributed by atoms with Gasteiger partial charge in [0.1, 0.15) is 6.54 Å². The number of hydrogen-bond acceptors (Lipinski definition) is 5. The van der Waals surface area contributed by atoms with E-state index in [9.17, 15) is 9.59 Å². The first-order chi connectivity index (χ1) is 12.7. The van der Waals surface area contributed by atoms with Gasteiger partial charge in [-0.1, -0.05) is 12.1 Å². The molecule has 136 valence electrons. The summed E-state index contributed by atoms with van der Waals surface area (Å²) in [6.45, 7) is 4.77. The molecular weight excluding hydrogens is 334 g/mol. The third kappa shape index (κ3) is 3.41. The highest BCUT2D eigenvalue weighted by Crippen LogP contribution is 2.12. The lowest BCUT2D eigenvalue weighted by atomic mass is 10.3. The van der Waals surface area contributed by atoms with Gasteiger partial charge in [0, 0.05) is 45.1 Å². The van der Waals surface area contributed by atoms with Gasteiger partial charge < -0.3 is 9.32 Å². The van der Waals surface area contributed by atoms with Crippen LogP contribution in [0.3, 0.4) is 0 Å². The molecule has 3 heterocycles. The molecule has 1 amide bonds. The first-order valence-electron chi connectivity index (χ1n) is 8.76. The monoisotopic (exact) mass is 355 g/mol. The van der Waals surface area contributed by atoms with Crippen LogP contribution in [0.25, 0.3) is 11.1 Å². The smallest absolute Gasteiger partial charge is 0.408 e. The minimum absolute atomic E-state index is 0.0170. The van der Waals surface area contributed by atoms with E-state index < -0.39 is 5.76 Å². The third-order valence-electron chi connectivity index (χ3n) is 4.80. The molecule has 3 aromatic rings. The van der Waals surface area contributed by atoms with E-state index >= 15 is 0 Å². The first kappa shape index (κ1) is 16.6. The maximum absolute atomic E-state index is 12.6. The van der Waals surface area contributed by atoms with Crippen LogP contribution in [0.15, 0.2) is 51.9 Å². The zero-order valence-corrected chi connectivity index (χ0v) is 14.5. The lowest BCUT2D eigenvalue weighted by Gasteiger charge is -2.34. The molecule has 8 nitrogen and oxygen atoms in total. The summed E-state index contributed by atoms with van der Waals surface area (Å²) in [6, 6.07) is 9.07. The van der Waals surface area contributed by atoms with Crippen molar-refractivity contribution in [3.8, 4) is 0 Å². The number of para-hydroxylation sites is 2. The Morgan fingerprint density at radius 2 is 1.88 bits per heavy atom. The van der Waals surface area contributed by atoms with Crippen molar-refractivity contribution in [1.29, 1.82) is 0 Å². The lowest BCUT2D eigenvalue weighted by molar-refractivity contribution is -0.133. The Balaban J connectivity index is 1.33. The zero-order valence-electron chi connectivity index (χ0n) is 14.5. The Kier molecular flexibility index (Phi) is 4.57. The summed E-state index contributed by atoms with van der Waals surface area (Å²) < 4.78 is 8.51. The second kappa shape index (κ2) is 7.17. The fraction of sp³-hybridized carbons (Fsp3) is 0.389. The van der Waals surface area contributed by atoms with Crippen LogP contribution >= 0.6 is 0 Å². The van der Waals surface area contributed by atoms with Gasteiger partial charge in [0.15, 0.2) is 5.58 Å². The average molecular weight is 355 g/mol. The molecular formula is C18H21N5O3. The normalized spacial score (nSPS) is 15.6. The van der Waals surface area contributed by atoms with Crippen LogP contribution in [-0.2, 0) is 17.9 Å². The van der Waals surface area contributed by atoms with E-state index in [2.05, 4.69) is 10.00 Å². The highest BCUT2D eigenvalue weighted by atomic mass is 16.4. The number of piperazine rings is 1. The van der Waals surface area contributed by atoms with Gasteiger partial charge >= 0.3 is 5.76 Å². The number of carbonyl (C=O) groups excluding carboxylic acids is 1. The molecule has 0 bridgehead atoms. The van der Waals surface area contributed by atoms with E-state index in [1.54, 1.807) is 24.4 Å². The lowest BCUT2D eigenvalue weighted by Crippen LogP contribution is -2.50. The van der Waals surface area contributed by atoms with Crippen LogP contribution in [-0.4, -0.2) is 62.8 Å². The van der Waals surface area contributed by atoms with Gasteiger partial charge in [-0.05, 0) is 18.2 Å². The maximum Gasteiger partial charge on any atom is 0.420 e. The minimum Gasteiger partial charge on any atom is -0.408 e. The molecule has 26 heavy (non-hydrogen) atoms. The molecule has 0 aliphatic carbocycles. The first-order valence-corrected chi connectivity index (χ1v) is 8.76. The largest absolute Gasteiger partial charge is 0.420 e. The zero-order chi connectivity index (χ0) is 17.9. The van der Waals surface area contributed by atoms with E-state index in [0.717, 1.165) is 26.2 Å². The summed E-state index contributed by atoms with van der Waals surface area (Å²) in [7, 11) is 0. The van der Waals surface area contributed by atoms with Gasteiger partial charge in [0.05, 0.1) is 12.1 Å². The number of aromatic nitrogens is 3. The summed E-state index contributed by atoms with van der Waals surface area (Å²) >= 11 is 0. The average Bonchev–Trinajstić information content (AvgIpc) is 3.29. The van der Waals surface area contributed by atoms with Crippen LogP contribution in [0.4, 0.5) is 0 Å². The van der Waals surface area contributed by atoms with E-state index in [1.807, 2.05) is 27.9 Å². The van der Waals surface area contributed by atoms with Crippen molar-refractivity contribution in [2.45, 2.75) is 13.1 Å². The van der Waals surface area contributed by atoms with Gasteiger partial charge in [-0.15, -0.1) is 0 Å². The highest BCUT2D eigenvalue weighted by molar-refractivity contribution is 5.79. The number of amides is 1. The molecule has 0 atom stereocenters. The van der Waals surface area contributed by atoms with Gasteiger partial charge in [-0.2, -0.15) is 5.10 Å².